The van der Waals surface area contributed by atoms with E-state index in [1.54, 1.807) is 30.6 Å². The zero-order valence-corrected chi connectivity index (χ0v) is 13.2. The van der Waals surface area contributed by atoms with Crippen molar-refractivity contribution < 1.29 is 19.0 Å². The van der Waals surface area contributed by atoms with E-state index in [0.29, 0.717) is 22.9 Å². The van der Waals surface area contributed by atoms with Crippen LogP contribution in [-0.4, -0.2) is 32.2 Å². The van der Waals surface area contributed by atoms with Crippen LogP contribution in [-0.2, 0) is 4.79 Å². The number of benzene rings is 1. The number of aromatic nitrogens is 1. The van der Waals surface area contributed by atoms with Gasteiger partial charge in [0.05, 0.1) is 21.3 Å². The Morgan fingerprint density at radius 1 is 1.04 bits per heavy atom. The Labute approximate surface area is 134 Å². The number of amides is 1. The quantitative estimate of drug-likeness (QED) is 0.830. The molecule has 0 unspecified atom stereocenters. The van der Waals surface area contributed by atoms with E-state index in [9.17, 15) is 4.79 Å². The van der Waals surface area contributed by atoms with E-state index >= 15 is 0 Å². The van der Waals surface area contributed by atoms with Crippen molar-refractivity contribution in [3.63, 3.8) is 0 Å². The van der Waals surface area contributed by atoms with Crippen molar-refractivity contribution in [3.05, 3.63) is 48.3 Å². The second-order valence-corrected chi connectivity index (χ2v) is 4.52. The minimum Gasteiger partial charge on any atom is -0.493 e. The molecule has 120 valence electrons. The summed E-state index contributed by atoms with van der Waals surface area (Å²) in [6, 6.07) is 6.95. The molecule has 0 aliphatic carbocycles. The SMILES string of the molecule is COc1cc(NC(=O)/C=C/c2ccncc2)cc(OC)c1OC. The molecule has 0 saturated carbocycles. The van der Waals surface area contributed by atoms with E-state index in [2.05, 4.69) is 10.3 Å². The lowest BCUT2D eigenvalue weighted by atomic mass is 10.2. The van der Waals surface area contributed by atoms with E-state index in [4.69, 9.17) is 14.2 Å². The average Bonchev–Trinajstić information content (AvgIpc) is 2.59. The van der Waals surface area contributed by atoms with Crippen LogP contribution >= 0.6 is 0 Å². The van der Waals surface area contributed by atoms with Gasteiger partial charge in [0, 0.05) is 36.3 Å². The Morgan fingerprint density at radius 3 is 2.17 bits per heavy atom. The molecule has 0 bridgehead atoms. The molecular formula is C17H18N2O4. The first-order valence-corrected chi connectivity index (χ1v) is 6.87. The van der Waals surface area contributed by atoms with Crippen LogP contribution < -0.4 is 19.5 Å². The summed E-state index contributed by atoms with van der Waals surface area (Å²) in [6.45, 7) is 0. The fraction of sp³-hybridized carbons (Fsp3) is 0.176. The number of carbonyl (C=O) groups is 1. The van der Waals surface area contributed by atoms with Crippen LogP contribution in [0.5, 0.6) is 17.2 Å². The fourth-order valence-corrected chi connectivity index (χ4v) is 1.98. The lowest BCUT2D eigenvalue weighted by Gasteiger charge is -2.14. The smallest absolute Gasteiger partial charge is 0.248 e. The number of nitrogens with one attached hydrogen (secondary N) is 1. The van der Waals surface area contributed by atoms with Crippen molar-refractivity contribution >= 4 is 17.7 Å². The zero-order valence-electron chi connectivity index (χ0n) is 13.2. The highest BCUT2D eigenvalue weighted by Crippen LogP contribution is 2.39. The monoisotopic (exact) mass is 314 g/mol. The van der Waals surface area contributed by atoms with E-state index in [1.165, 1.54) is 27.4 Å². The number of ether oxygens (including phenoxy) is 3. The maximum absolute atomic E-state index is 12.0. The summed E-state index contributed by atoms with van der Waals surface area (Å²) < 4.78 is 15.7. The Hall–Kier alpha value is -3.02. The van der Waals surface area contributed by atoms with Gasteiger partial charge in [0.2, 0.25) is 11.7 Å². The molecule has 0 aliphatic heterocycles. The molecule has 1 aromatic carbocycles. The second-order valence-electron chi connectivity index (χ2n) is 4.52. The number of nitrogens with zero attached hydrogens (tertiary/aromatic N) is 1. The summed E-state index contributed by atoms with van der Waals surface area (Å²) >= 11 is 0. The minimum absolute atomic E-state index is 0.268. The third-order valence-corrected chi connectivity index (χ3v) is 3.07. The highest BCUT2D eigenvalue weighted by atomic mass is 16.5. The molecule has 1 aromatic heterocycles. The lowest BCUT2D eigenvalue weighted by molar-refractivity contribution is -0.111. The Morgan fingerprint density at radius 2 is 1.65 bits per heavy atom. The Bertz CT molecular complexity index is 674. The Kier molecular flexibility index (Phi) is 5.57. The molecular weight excluding hydrogens is 296 g/mol. The number of rotatable bonds is 6. The van der Waals surface area contributed by atoms with E-state index in [0.717, 1.165) is 5.56 Å². The molecule has 0 spiro atoms. The molecule has 0 fully saturated rings. The van der Waals surface area contributed by atoms with Gasteiger partial charge in [-0.2, -0.15) is 0 Å². The molecule has 1 heterocycles. The van der Waals surface area contributed by atoms with Gasteiger partial charge in [0.1, 0.15) is 0 Å². The van der Waals surface area contributed by atoms with Crippen LogP contribution in [0.3, 0.4) is 0 Å². The highest BCUT2D eigenvalue weighted by molar-refractivity contribution is 6.02. The number of hydrogen-bond donors (Lipinski definition) is 1. The molecule has 0 atom stereocenters. The molecule has 2 rings (SSSR count). The largest absolute Gasteiger partial charge is 0.493 e. The van der Waals surface area contributed by atoms with Gasteiger partial charge >= 0.3 is 0 Å². The van der Waals surface area contributed by atoms with Gasteiger partial charge in [-0.15, -0.1) is 0 Å². The molecule has 6 nitrogen and oxygen atoms in total. The highest BCUT2D eigenvalue weighted by Gasteiger charge is 2.13. The molecule has 23 heavy (non-hydrogen) atoms. The van der Waals surface area contributed by atoms with Gasteiger partial charge in [-0.05, 0) is 23.8 Å². The number of carbonyl (C=O) groups excluding carboxylic acids is 1. The van der Waals surface area contributed by atoms with Crippen LogP contribution in [0.25, 0.3) is 6.08 Å². The molecule has 1 N–H and O–H groups in total. The fourth-order valence-electron chi connectivity index (χ4n) is 1.98. The number of anilines is 1. The molecule has 0 aliphatic rings. The van der Waals surface area contributed by atoms with Crippen LogP contribution in [0.2, 0.25) is 0 Å². The van der Waals surface area contributed by atoms with Gasteiger partial charge in [-0.1, -0.05) is 0 Å². The summed E-state index contributed by atoms with van der Waals surface area (Å²) in [4.78, 5) is 15.9. The third kappa shape index (κ3) is 4.23. The van der Waals surface area contributed by atoms with Gasteiger partial charge in [-0.25, -0.2) is 0 Å². The van der Waals surface area contributed by atoms with E-state index < -0.39 is 0 Å². The second kappa shape index (κ2) is 7.84. The van der Waals surface area contributed by atoms with Crippen molar-refractivity contribution in [3.8, 4) is 17.2 Å². The molecule has 0 saturated heterocycles. The van der Waals surface area contributed by atoms with Crippen molar-refractivity contribution in [2.75, 3.05) is 26.6 Å². The lowest BCUT2D eigenvalue weighted by Crippen LogP contribution is -2.08. The number of pyridine rings is 1. The first kappa shape index (κ1) is 16.4. The topological polar surface area (TPSA) is 69.7 Å². The van der Waals surface area contributed by atoms with Gasteiger partial charge < -0.3 is 19.5 Å². The molecule has 1 amide bonds. The molecule has 2 aromatic rings. The normalized spacial score (nSPS) is 10.4. The third-order valence-electron chi connectivity index (χ3n) is 3.07. The van der Waals surface area contributed by atoms with Crippen molar-refractivity contribution in [2.45, 2.75) is 0 Å². The minimum atomic E-state index is -0.268. The first-order chi connectivity index (χ1) is 11.2. The average molecular weight is 314 g/mol. The van der Waals surface area contributed by atoms with Gasteiger partial charge in [0.15, 0.2) is 11.5 Å². The van der Waals surface area contributed by atoms with Gasteiger partial charge in [-0.3, -0.25) is 9.78 Å². The van der Waals surface area contributed by atoms with Crippen molar-refractivity contribution in [1.82, 2.24) is 4.98 Å². The maximum atomic E-state index is 12.0. The van der Waals surface area contributed by atoms with Crippen molar-refractivity contribution in [2.24, 2.45) is 0 Å². The van der Waals surface area contributed by atoms with Gasteiger partial charge in [0.25, 0.3) is 0 Å². The summed E-state index contributed by atoms with van der Waals surface area (Å²) in [7, 11) is 4.56. The van der Waals surface area contributed by atoms with Crippen LogP contribution in [0.1, 0.15) is 5.56 Å². The van der Waals surface area contributed by atoms with Crippen molar-refractivity contribution in [1.29, 1.82) is 0 Å². The van der Waals surface area contributed by atoms with Crippen LogP contribution in [0, 0.1) is 0 Å². The zero-order chi connectivity index (χ0) is 16.7. The predicted molar refractivity (Wildman–Crippen MR) is 88.0 cm³/mol. The van der Waals surface area contributed by atoms with E-state index in [-0.39, 0.29) is 5.91 Å². The predicted octanol–water partition coefficient (Wildman–Crippen LogP) is 2.76. The number of methoxy groups -OCH3 is 3. The first-order valence-electron chi connectivity index (χ1n) is 6.87. The number of hydrogen-bond acceptors (Lipinski definition) is 5. The maximum Gasteiger partial charge on any atom is 0.248 e. The van der Waals surface area contributed by atoms with Crippen LogP contribution in [0.4, 0.5) is 5.69 Å². The Balaban J connectivity index is 2.16. The molecule has 6 heteroatoms. The summed E-state index contributed by atoms with van der Waals surface area (Å²) in [5, 5.41) is 2.76. The summed E-state index contributed by atoms with van der Waals surface area (Å²) in [5.74, 6) is 1.15. The standard InChI is InChI=1S/C17H18N2O4/c1-21-14-10-13(11-15(22-2)17(14)23-3)19-16(20)5-4-12-6-8-18-9-7-12/h4-11H,1-3H3,(H,19,20)/b5-4+. The summed E-state index contributed by atoms with van der Waals surface area (Å²) in [6.07, 6.45) is 6.47. The van der Waals surface area contributed by atoms with Crippen LogP contribution in [0.15, 0.2) is 42.7 Å². The van der Waals surface area contributed by atoms with E-state index in [1.807, 2.05) is 12.1 Å². The molecule has 0 radical (unpaired) electrons. The summed E-state index contributed by atoms with van der Waals surface area (Å²) in [5.41, 5.74) is 1.43.